The van der Waals surface area contributed by atoms with Crippen molar-refractivity contribution in [2.75, 3.05) is 5.32 Å². The Kier molecular flexibility index (Phi) is 4.24. The van der Waals surface area contributed by atoms with Gasteiger partial charge in [0.15, 0.2) is 5.75 Å². The summed E-state index contributed by atoms with van der Waals surface area (Å²) >= 11 is 3.22. The van der Waals surface area contributed by atoms with Crippen LogP contribution in [0.15, 0.2) is 22.7 Å². The molecular formula is C13H17BrN2O2. The Morgan fingerprint density at radius 2 is 2.11 bits per heavy atom. The molecule has 4 nitrogen and oxygen atoms in total. The fraction of sp³-hybridized carbons (Fsp3) is 0.462. The lowest BCUT2D eigenvalue weighted by Crippen LogP contribution is -2.40. The van der Waals surface area contributed by atoms with Crippen LogP contribution in [0, 0.1) is 5.92 Å². The number of carbonyl (C=O) groups is 1. The molecule has 0 spiro atoms. The SMILES string of the molecule is NC1CCCCC1C(=O)Nc1cccc(Br)c1O. The normalized spacial score (nSPS) is 23.7. The van der Waals surface area contributed by atoms with Crippen LogP contribution < -0.4 is 11.1 Å². The number of amides is 1. The number of nitrogens with two attached hydrogens (primary N) is 1. The highest BCUT2D eigenvalue weighted by atomic mass is 79.9. The van der Waals surface area contributed by atoms with Crippen LogP contribution in [0.1, 0.15) is 25.7 Å². The van der Waals surface area contributed by atoms with Gasteiger partial charge in [-0.15, -0.1) is 0 Å². The molecule has 0 aliphatic heterocycles. The Bertz CT molecular complexity index is 451. The minimum Gasteiger partial charge on any atom is -0.505 e. The Labute approximate surface area is 115 Å². The van der Waals surface area contributed by atoms with E-state index >= 15 is 0 Å². The van der Waals surface area contributed by atoms with Crippen LogP contribution >= 0.6 is 15.9 Å². The predicted molar refractivity (Wildman–Crippen MR) is 74.4 cm³/mol. The van der Waals surface area contributed by atoms with Gasteiger partial charge in [0, 0.05) is 6.04 Å². The van der Waals surface area contributed by atoms with Gasteiger partial charge in [-0.05, 0) is 40.9 Å². The number of para-hydroxylation sites is 1. The van der Waals surface area contributed by atoms with Gasteiger partial charge in [0.2, 0.25) is 5.91 Å². The second-order valence-electron chi connectivity index (χ2n) is 4.68. The summed E-state index contributed by atoms with van der Waals surface area (Å²) in [4.78, 5) is 12.1. The molecule has 1 aromatic rings. The molecule has 1 aliphatic carbocycles. The number of carbonyl (C=O) groups excluding carboxylic acids is 1. The molecule has 0 heterocycles. The predicted octanol–water partition coefficient (Wildman–Crippen LogP) is 2.61. The molecule has 1 amide bonds. The molecule has 2 atom stereocenters. The lowest BCUT2D eigenvalue weighted by molar-refractivity contribution is -0.121. The van der Waals surface area contributed by atoms with Gasteiger partial charge in [-0.1, -0.05) is 18.9 Å². The third kappa shape index (κ3) is 2.84. The maximum atomic E-state index is 12.1. The molecule has 5 heteroatoms. The number of benzene rings is 1. The molecular weight excluding hydrogens is 296 g/mol. The number of hydrogen-bond donors (Lipinski definition) is 3. The highest BCUT2D eigenvalue weighted by Gasteiger charge is 2.28. The number of phenolic OH excluding ortho intramolecular Hbond substituents is 1. The van der Waals surface area contributed by atoms with Gasteiger partial charge in [-0.25, -0.2) is 0 Å². The van der Waals surface area contributed by atoms with E-state index in [1.807, 2.05) is 0 Å². The van der Waals surface area contributed by atoms with Crippen molar-refractivity contribution in [3.8, 4) is 5.75 Å². The third-order valence-electron chi connectivity index (χ3n) is 3.40. The molecule has 18 heavy (non-hydrogen) atoms. The van der Waals surface area contributed by atoms with Gasteiger partial charge < -0.3 is 16.2 Å². The van der Waals surface area contributed by atoms with Gasteiger partial charge >= 0.3 is 0 Å². The average Bonchev–Trinajstić information content (AvgIpc) is 2.35. The molecule has 1 aromatic carbocycles. The number of hydrogen-bond acceptors (Lipinski definition) is 3. The topological polar surface area (TPSA) is 75.4 Å². The largest absolute Gasteiger partial charge is 0.505 e. The Balaban J connectivity index is 2.09. The van der Waals surface area contributed by atoms with Crippen molar-refractivity contribution in [2.24, 2.45) is 11.7 Å². The van der Waals surface area contributed by atoms with Crippen molar-refractivity contribution >= 4 is 27.5 Å². The zero-order valence-electron chi connectivity index (χ0n) is 10.0. The maximum Gasteiger partial charge on any atom is 0.229 e. The van der Waals surface area contributed by atoms with Crippen LogP contribution in [0.4, 0.5) is 5.69 Å². The molecule has 1 fully saturated rings. The Morgan fingerprint density at radius 3 is 2.83 bits per heavy atom. The Morgan fingerprint density at radius 1 is 1.39 bits per heavy atom. The summed E-state index contributed by atoms with van der Waals surface area (Å²) in [6.07, 6.45) is 3.84. The number of rotatable bonds is 2. The fourth-order valence-electron chi connectivity index (χ4n) is 2.33. The summed E-state index contributed by atoms with van der Waals surface area (Å²) in [7, 11) is 0. The second kappa shape index (κ2) is 5.71. The van der Waals surface area contributed by atoms with Gasteiger partial charge in [-0.2, -0.15) is 0 Å². The van der Waals surface area contributed by atoms with Crippen molar-refractivity contribution in [3.05, 3.63) is 22.7 Å². The average molecular weight is 313 g/mol. The number of phenols is 1. The monoisotopic (exact) mass is 312 g/mol. The molecule has 2 unspecified atom stereocenters. The third-order valence-corrected chi connectivity index (χ3v) is 4.04. The smallest absolute Gasteiger partial charge is 0.229 e. The van der Waals surface area contributed by atoms with E-state index in [2.05, 4.69) is 21.2 Å². The summed E-state index contributed by atoms with van der Waals surface area (Å²) in [6, 6.07) is 5.08. The van der Waals surface area contributed by atoms with Crippen LogP contribution in [0.2, 0.25) is 0 Å². The summed E-state index contributed by atoms with van der Waals surface area (Å²) in [5.74, 6) is -0.206. The maximum absolute atomic E-state index is 12.1. The van der Waals surface area contributed by atoms with Crippen molar-refractivity contribution < 1.29 is 9.90 Å². The minimum atomic E-state index is -0.155. The molecule has 4 N–H and O–H groups in total. The fourth-order valence-corrected chi connectivity index (χ4v) is 2.69. The first kappa shape index (κ1) is 13.4. The number of aromatic hydroxyl groups is 1. The van der Waals surface area contributed by atoms with Crippen LogP contribution in [0.25, 0.3) is 0 Å². The number of nitrogens with one attached hydrogen (secondary N) is 1. The van der Waals surface area contributed by atoms with Crippen molar-refractivity contribution in [3.63, 3.8) is 0 Å². The van der Waals surface area contributed by atoms with Gasteiger partial charge in [0.05, 0.1) is 16.1 Å². The van der Waals surface area contributed by atoms with Crippen LogP contribution in [-0.4, -0.2) is 17.1 Å². The van der Waals surface area contributed by atoms with E-state index < -0.39 is 0 Å². The van der Waals surface area contributed by atoms with Crippen molar-refractivity contribution in [2.45, 2.75) is 31.7 Å². The van der Waals surface area contributed by atoms with E-state index in [1.54, 1.807) is 18.2 Å². The lowest BCUT2D eigenvalue weighted by atomic mass is 9.84. The zero-order valence-corrected chi connectivity index (χ0v) is 11.6. The summed E-state index contributed by atoms with van der Waals surface area (Å²) < 4.78 is 0.563. The molecule has 1 saturated carbocycles. The molecule has 98 valence electrons. The quantitative estimate of drug-likeness (QED) is 0.735. The van der Waals surface area contributed by atoms with E-state index in [4.69, 9.17) is 5.73 Å². The highest BCUT2D eigenvalue weighted by Crippen LogP contribution is 2.32. The molecule has 0 radical (unpaired) electrons. The summed E-state index contributed by atoms with van der Waals surface area (Å²) in [5.41, 5.74) is 6.39. The lowest BCUT2D eigenvalue weighted by Gasteiger charge is -2.27. The van der Waals surface area contributed by atoms with Crippen molar-refractivity contribution in [1.29, 1.82) is 0 Å². The second-order valence-corrected chi connectivity index (χ2v) is 5.53. The first-order valence-corrected chi connectivity index (χ1v) is 6.93. The van der Waals surface area contributed by atoms with E-state index in [0.29, 0.717) is 10.2 Å². The van der Waals surface area contributed by atoms with E-state index in [0.717, 1.165) is 25.7 Å². The minimum absolute atomic E-state index is 0.0511. The molecule has 0 saturated heterocycles. The van der Waals surface area contributed by atoms with Crippen LogP contribution in [-0.2, 0) is 4.79 Å². The first-order chi connectivity index (χ1) is 8.59. The van der Waals surface area contributed by atoms with Crippen LogP contribution in [0.3, 0.4) is 0 Å². The van der Waals surface area contributed by atoms with Gasteiger partial charge in [0.1, 0.15) is 0 Å². The number of anilines is 1. The Hall–Kier alpha value is -1.07. The van der Waals surface area contributed by atoms with Crippen LogP contribution in [0.5, 0.6) is 5.75 Å². The highest BCUT2D eigenvalue weighted by molar-refractivity contribution is 9.10. The number of halogens is 1. The van der Waals surface area contributed by atoms with Crippen molar-refractivity contribution in [1.82, 2.24) is 0 Å². The molecule has 1 aliphatic rings. The summed E-state index contributed by atoms with van der Waals surface area (Å²) in [5, 5.41) is 12.6. The standard InChI is InChI=1S/C13H17BrN2O2/c14-9-5-3-7-11(12(9)17)16-13(18)8-4-1-2-6-10(8)15/h3,5,7-8,10,17H,1-2,4,6,15H2,(H,16,18). The molecule has 0 aromatic heterocycles. The van der Waals surface area contributed by atoms with E-state index in [9.17, 15) is 9.90 Å². The van der Waals surface area contributed by atoms with Gasteiger partial charge in [0.25, 0.3) is 0 Å². The zero-order chi connectivity index (χ0) is 13.1. The molecule has 0 bridgehead atoms. The van der Waals surface area contributed by atoms with Gasteiger partial charge in [-0.3, -0.25) is 4.79 Å². The van der Waals surface area contributed by atoms with E-state index in [1.165, 1.54) is 0 Å². The van der Waals surface area contributed by atoms with E-state index in [-0.39, 0.29) is 23.6 Å². The molecule has 2 rings (SSSR count). The summed E-state index contributed by atoms with van der Waals surface area (Å²) in [6.45, 7) is 0. The first-order valence-electron chi connectivity index (χ1n) is 6.13.